The van der Waals surface area contributed by atoms with Gasteiger partial charge in [0.25, 0.3) is 0 Å². The minimum Gasteiger partial charge on any atom is -0.324 e. The third kappa shape index (κ3) is 2.71. The first-order chi connectivity index (χ1) is 9.35. The second-order valence-electron chi connectivity index (χ2n) is 5.52. The summed E-state index contributed by atoms with van der Waals surface area (Å²) in [4.78, 5) is 27.8. The average Bonchev–Trinajstić information content (AvgIpc) is 3.16. The number of hydrogen-bond acceptors (Lipinski definition) is 4. The van der Waals surface area contributed by atoms with Gasteiger partial charge in [0.15, 0.2) is 0 Å². The van der Waals surface area contributed by atoms with Gasteiger partial charge in [0.2, 0.25) is 0 Å². The molecule has 108 valence electrons. The third-order valence-corrected chi connectivity index (χ3v) is 4.19. The number of nitro groups is 1. The lowest BCUT2D eigenvalue weighted by Gasteiger charge is -2.30. The number of rotatable bonds is 4. The Morgan fingerprint density at radius 2 is 2.25 bits per heavy atom. The fourth-order valence-electron chi connectivity index (χ4n) is 2.10. The summed E-state index contributed by atoms with van der Waals surface area (Å²) in [5, 5.41) is 13.5. The Morgan fingerprint density at radius 3 is 2.80 bits per heavy atom. The van der Waals surface area contributed by atoms with Gasteiger partial charge in [-0.05, 0) is 31.2 Å². The number of carbonyl (C=O) groups is 1. The third-order valence-electron chi connectivity index (χ3n) is 4.19. The van der Waals surface area contributed by atoms with Crippen LogP contribution in [-0.4, -0.2) is 33.9 Å². The monoisotopic (exact) mass is 278 g/mol. The van der Waals surface area contributed by atoms with Gasteiger partial charge in [-0.1, -0.05) is 6.92 Å². The Kier molecular flexibility index (Phi) is 3.61. The van der Waals surface area contributed by atoms with E-state index in [1.165, 1.54) is 12.3 Å². The second-order valence-corrected chi connectivity index (χ2v) is 5.52. The highest BCUT2D eigenvalue weighted by molar-refractivity contribution is 5.91. The SMILES string of the molecule is C[C@H](N(C)C(=O)Nc1ccncc1[N+](=O)[O-])C1(C)CC1. The van der Waals surface area contributed by atoms with Crippen molar-refractivity contribution < 1.29 is 9.72 Å². The topological polar surface area (TPSA) is 88.4 Å². The minimum absolute atomic E-state index is 0.0865. The zero-order valence-corrected chi connectivity index (χ0v) is 11.8. The smallest absolute Gasteiger partial charge is 0.322 e. The molecule has 1 heterocycles. The van der Waals surface area contributed by atoms with E-state index in [2.05, 4.69) is 17.2 Å². The lowest BCUT2D eigenvalue weighted by Crippen LogP contribution is -2.42. The van der Waals surface area contributed by atoms with Crippen LogP contribution in [0.15, 0.2) is 18.5 Å². The maximum atomic E-state index is 12.2. The predicted octanol–water partition coefficient (Wildman–Crippen LogP) is 2.64. The van der Waals surface area contributed by atoms with Gasteiger partial charge in [-0.15, -0.1) is 0 Å². The Labute approximate surface area is 117 Å². The molecule has 1 N–H and O–H groups in total. The number of amides is 2. The normalized spacial score (nSPS) is 17.1. The molecule has 1 atom stereocenters. The van der Waals surface area contributed by atoms with Crippen molar-refractivity contribution in [3.8, 4) is 0 Å². The minimum atomic E-state index is -0.561. The molecule has 7 nitrogen and oxygen atoms in total. The van der Waals surface area contributed by atoms with E-state index >= 15 is 0 Å². The largest absolute Gasteiger partial charge is 0.324 e. The first-order valence-electron chi connectivity index (χ1n) is 6.47. The fourth-order valence-corrected chi connectivity index (χ4v) is 2.10. The van der Waals surface area contributed by atoms with Crippen LogP contribution < -0.4 is 5.32 Å². The van der Waals surface area contributed by atoms with Crippen LogP contribution in [0.4, 0.5) is 16.2 Å². The molecule has 2 rings (SSSR count). The maximum absolute atomic E-state index is 12.2. The predicted molar refractivity (Wildman–Crippen MR) is 74.5 cm³/mol. The van der Waals surface area contributed by atoms with Crippen molar-refractivity contribution in [2.24, 2.45) is 5.41 Å². The van der Waals surface area contributed by atoms with Crippen LogP contribution in [0.25, 0.3) is 0 Å². The van der Waals surface area contributed by atoms with Crippen LogP contribution in [0.2, 0.25) is 0 Å². The molecule has 7 heteroatoms. The fraction of sp³-hybridized carbons (Fsp3) is 0.538. The second kappa shape index (κ2) is 5.07. The molecule has 1 saturated carbocycles. The van der Waals surface area contributed by atoms with Crippen molar-refractivity contribution in [3.63, 3.8) is 0 Å². The summed E-state index contributed by atoms with van der Waals surface area (Å²) in [7, 11) is 1.70. The van der Waals surface area contributed by atoms with Crippen LogP contribution in [0.3, 0.4) is 0 Å². The van der Waals surface area contributed by atoms with E-state index in [-0.39, 0.29) is 28.9 Å². The van der Waals surface area contributed by atoms with Crippen molar-refractivity contribution in [1.29, 1.82) is 0 Å². The van der Waals surface area contributed by atoms with Gasteiger partial charge in [0.05, 0.1) is 4.92 Å². The number of nitrogens with zero attached hydrogens (tertiary/aromatic N) is 3. The van der Waals surface area contributed by atoms with Crippen LogP contribution >= 0.6 is 0 Å². The number of nitrogens with one attached hydrogen (secondary N) is 1. The first kappa shape index (κ1) is 14.2. The standard InChI is InChI=1S/C13H18N4O3/c1-9(13(2)5-6-13)16(3)12(18)15-10-4-7-14-8-11(10)17(19)20/h4,7-9H,5-6H2,1-3H3,(H,14,15,18)/t9-/m0/s1. The Bertz CT molecular complexity index is 542. The van der Waals surface area contributed by atoms with Crippen molar-refractivity contribution >= 4 is 17.4 Å². The van der Waals surface area contributed by atoms with E-state index in [4.69, 9.17) is 0 Å². The summed E-state index contributed by atoms with van der Waals surface area (Å²) in [6, 6.07) is 1.16. The van der Waals surface area contributed by atoms with Crippen LogP contribution in [0, 0.1) is 15.5 Å². The summed E-state index contributed by atoms with van der Waals surface area (Å²) < 4.78 is 0. The Balaban J connectivity index is 2.10. The Hall–Kier alpha value is -2.18. The van der Waals surface area contributed by atoms with Crippen molar-refractivity contribution in [1.82, 2.24) is 9.88 Å². The van der Waals surface area contributed by atoms with E-state index in [0.29, 0.717) is 0 Å². The number of anilines is 1. The van der Waals surface area contributed by atoms with Crippen LogP contribution in [0.5, 0.6) is 0 Å². The summed E-state index contributed by atoms with van der Waals surface area (Å²) in [5.41, 5.74) is 0.116. The molecule has 0 bridgehead atoms. The molecular formula is C13H18N4O3. The molecule has 0 aliphatic heterocycles. The summed E-state index contributed by atoms with van der Waals surface area (Å²) in [6.45, 7) is 4.13. The Morgan fingerprint density at radius 1 is 1.60 bits per heavy atom. The number of pyridine rings is 1. The molecular weight excluding hydrogens is 260 g/mol. The highest BCUT2D eigenvalue weighted by Gasteiger charge is 2.45. The number of hydrogen-bond donors (Lipinski definition) is 1. The molecule has 1 aliphatic rings. The molecule has 2 amide bonds. The number of carbonyl (C=O) groups excluding carboxylic acids is 1. The summed E-state index contributed by atoms with van der Waals surface area (Å²) in [5.74, 6) is 0. The molecule has 1 aliphatic carbocycles. The average molecular weight is 278 g/mol. The number of urea groups is 1. The molecule has 0 spiro atoms. The van der Waals surface area contributed by atoms with E-state index in [0.717, 1.165) is 19.0 Å². The quantitative estimate of drug-likeness (QED) is 0.677. The highest BCUT2D eigenvalue weighted by Crippen LogP contribution is 2.49. The zero-order chi connectivity index (χ0) is 14.9. The van der Waals surface area contributed by atoms with Gasteiger partial charge >= 0.3 is 11.7 Å². The molecule has 20 heavy (non-hydrogen) atoms. The number of aromatic nitrogens is 1. The van der Waals surface area contributed by atoms with Crippen molar-refractivity contribution in [2.45, 2.75) is 32.7 Å². The highest BCUT2D eigenvalue weighted by atomic mass is 16.6. The molecule has 0 radical (unpaired) electrons. The van der Waals surface area contributed by atoms with E-state index < -0.39 is 4.92 Å². The van der Waals surface area contributed by atoms with Gasteiger partial charge < -0.3 is 10.2 Å². The van der Waals surface area contributed by atoms with Crippen LogP contribution in [0.1, 0.15) is 26.7 Å². The molecule has 1 aromatic rings. The van der Waals surface area contributed by atoms with Crippen molar-refractivity contribution in [3.05, 3.63) is 28.6 Å². The van der Waals surface area contributed by atoms with E-state index in [9.17, 15) is 14.9 Å². The zero-order valence-electron chi connectivity index (χ0n) is 11.8. The van der Waals surface area contributed by atoms with Gasteiger partial charge in [-0.25, -0.2) is 4.79 Å². The molecule has 1 fully saturated rings. The van der Waals surface area contributed by atoms with E-state index in [1.54, 1.807) is 11.9 Å². The van der Waals surface area contributed by atoms with Gasteiger partial charge in [0.1, 0.15) is 11.9 Å². The molecule has 0 saturated heterocycles. The van der Waals surface area contributed by atoms with Crippen molar-refractivity contribution in [2.75, 3.05) is 12.4 Å². The summed E-state index contributed by atoms with van der Waals surface area (Å²) >= 11 is 0. The van der Waals surface area contributed by atoms with Gasteiger partial charge in [0, 0.05) is 19.3 Å². The van der Waals surface area contributed by atoms with Gasteiger partial charge in [-0.3, -0.25) is 15.1 Å². The van der Waals surface area contributed by atoms with E-state index in [1.807, 2.05) is 6.92 Å². The molecule has 0 aromatic carbocycles. The first-order valence-corrected chi connectivity index (χ1v) is 6.47. The maximum Gasteiger partial charge on any atom is 0.322 e. The lowest BCUT2D eigenvalue weighted by molar-refractivity contribution is -0.384. The lowest BCUT2D eigenvalue weighted by atomic mass is 10.00. The van der Waals surface area contributed by atoms with Gasteiger partial charge in [-0.2, -0.15) is 0 Å². The molecule has 1 aromatic heterocycles. The van der Waals surface area contributed by atoms with Crippen LogP contribution in [-0.2, 0) is 0 Å². The summed E-state index contributed by atoms with van der Waals surface area (Å²) in [6.07, 6.45) is 4.73. The molecule has 0 unspecified atom stereocenters.